The highest BCUT2D eigenvalue weighted by molar-refractivity contribution is 5.90. The Bertz CT molecular complexity index is 843. The molecule has 0 spiro atoms. The molecule has 2 aromatic rings. The Hall–Kier alpha value is -2.37. The summed E-state index contributed by atoms with van der Waals surface area (Å²) in [7, 11) is 0. The second-order valence-corrected chi connectivity index (χ2v) is 7.47. The average Bonchev–Trinajstić information content (AvgIpc) is 2.63. The van der Waals surface area contributed by atoms with Gasteiger partial charge in [-0.05, 0) is 44.6 Å². The van der Waals surface area contributed by atoms with E-state index in [0.29, 0.717) is 23.2 Å². The minimum Gasteiger partial charge on any atom is -0.368 e. The zero-order valence-electron chi connectivity index (χ0n) is 15.0. The molecule has 1 amide bonds. The summed E-state index contributed by atoms with van der Waals surface area (Å²) in [5, 5.41) is 11.6. The molecule has 2 heterocycles. The minimum atomic E-state index is -0.171. The minimum absolute atomic E-state index is 0.171. The molecule has 1 saturated carbocycles. The van der Waals surface area contributed by atoms with Crippen molar-refractivity contribution < 1.29 is 4.79 Å². The van der Waals surface area contributed by atoms with Gasteiger partial charge in [-0.25, -0.2) is 5.10 Å². The largest absolute Gasteiger partial charge is 0.368 e. The van der Waals surface area contributed by atoms with E-state index in [1.807, 2.05) is 18.2 Å². The molecule has 1 unspecified atom stereocenters. The van der Waals surface area contributed by atoms with E-state index in [4.69, 9.17) is 0 Å². The molecular weight excluding hydrogens is 328 g/mol. The van der Waals surface area contributed by atoms with Gasteiger partial charge in [0.15, 0.2) is 5.82 Å². The van der Waals surface area contributed by atoms with Crippen LogP contribution in [0.3, 0.4) is 0 Å². The number of hydrogen-bond acceptors (Lipinski definition) is 4. The summed E-state index contributed by atoms with van der Waals surface area (Å²) in [5.41, 5.74) is -0.171. The maximum Gasteiger partial charge on any atom is 0.272 e. The number of likely N-dealkylation sites (tertiary alicyclic amines) is 1. The molecule has 1 saturated heterocycles. The smallest absolute Gasteiger partial charge is 0.272 e. The molecule has 2 N–H and O–H groups in total. The third kappa shape index (κ3) is 3.32. The number of nitrogens with one attached hydrogen (secondary N) is 2. The van der Waals surface area contributed by atoms with Crippen LogP contribution in [-0.2, 0) is 4.79 Å². The van der Waals surface area contributed by atoms with Crippen LogP contribution in [0.25, 0.3) is 10.8 Å². The van der Waals surface area contributed by atoms with Crippen LogP contribution in [0.15, 0.2) is 29.1 Å². The highest BCUT2D eigenvalue weighted by atomic mass is 16.2. The fourth-order valence-corrected chi connectivity index (χ4v) is 4.09. The Kier molecular flexibility index (Phi) is 4.91. The molecule has 0 bridgehead atoms. The first-order valence-electron chi connectivity index (χ1n) is 9.76. The number of carbonyl (C=O) groups is 1. The predicted molar refractivity (Wildman–Crippen MR) is 102 cm³/mol. The van der Waals surface area contributed by atoms with E-state index in [9.17, 15) is 9.59 Å². The summed E-state index contributed by atoms with van der Waals surface area (Å²) in [5.74, 6) is 1.34. The van der Waals surface area contributed by atoms with Gasteiger partial charge in [0.25, 0.3) is 5.56 Å². The Labute approximate surface area is 153 Å². The van der Waals surface area contributed by atoms with Gasteiger partial charge in [0, 0.05) is 30.4 Å². The Morgan fingerprint density at radius 1 is 1.15 bits per heavy atom. The molecule has 4 rings (SSSR count). The Morgan fingerprint density at radius 2 is 1.96 bits per heavy atom. The lowest BCUT2D eigenvalue weighted by atomic mass is 9.83. The second-order valence-electron chi connectivity index (χ2n) is 7.47. The van der Waals surface area contributed by atoms with Crippen molar-refractivity contribution in [3.8, 4) is 0 Å². The highest BCUT2D eigenvalue weighted by Crippen LogP contribution is 2.31. The van der Waals surface area contributed by atoms with Crippen molar-refractivity contribution in [2.75, 3.05) is 18.4 Å². The first-order chi connectivity index (χ1) is 12.7. The number of aromatic nitrogens is 2. The average molecular weight is 354 g/mol. The molecule has 2 aliphatic rings. The quantitative estimate of drug-likeness (QED) is 0.865. The van der Waals surface area contributed by atoms with Crippen molar-refractivity contribution in [2.45, 2.75) is 51.0 Å². The predicted octanol–water partition coefficient (Wildman–Crippen LogP) is 2.91. The fourth-order valence-electron chi connectivity index (χ4n) is 4.09. The SMILES string of the molecule is O=C(C1CCC1)N1CCCCC1CCNc1n[nH]c(=O)c2ccccc12. The molecule has 6 heteroatoms. The van der Waals surface area contributed by atoms with Crippen LogP contribution in [0.2, 0.25) is 0 Å². The van der Waals surface area contributed by atoms with Crippen LogP contribution in [0.1, 0.15) is 44.9 Å². The van der Waals surface area contributed by atoms with Crippen LogP contribution in [0.5, 0.6) is 0 Å². The molecular formula is C20H26N4O2. The van der Waals surface area contributed by atoms with E-state index in [1.165, 1.54) is 12.8 Å². The number of rotatable bonds is 5. The number of benzene rings is 1. The Balaban J connectivity index is 1.41. The van der Waals surface area contributed by atoms with Gasteiger partial charge in [-0.1, -0.05) is 24.6 Å². The third-order valence-electron chi connectivity index (χ3n) is 5.83. The van der Waals surface area contributed by atoms with Crippen LogP contribution < -0.4 is 10.9 Å². The lowest BCUT2D eigenvalue weighted by Crippen LogP contribution is -2.48. The van der Waals surface area contributed by atoms with Gasteiger partial charge in [-0.2, -0.15) is 5.10 Å². The monoisotopic (exact) mass is 354 g/mol. The fraction of sp³-hybridized carbons (Fsp3) is 0.550. The van der Waals surface area contributed by atoms with Crippen molar-refractivity contribution in [3.63, 3.8) is 0 Å². The standard InChI is InChI=1S/C20H26N4O2/c25-19-17-10-2-1-9-16(17)18(22-23-19)21-12-11-15-8-3-4-13-24(15)20(26)14-6-5-7-14/h1-2,9-10,14-15H,3-8,11-13H2,(H,21,22)(H,23,25). The van der Waals surface area contributed by atoms with Crippen molar-refractivity contribution in [2.24, 2.45) is 5.92 Å². The normalized spacial score (nSPS) is 20.8. The van der Waals surface area contributed by atoms with Crippen LogP contribution in [0.4, 0.5) is 5.82 Å². The molecule has 1 aliphatic heterocycles. The second kappa shape index (κ2) is 7.48. The van der Waals surface area contributed by atoms with Gasteiger partial charge in [-0.15, -0.1) is 0 Å². The topological polar surface area (TPSA) is 78.1 Å². The van der Waals surface area contributed by atoms with Gasteiger partial charge in [-0.3, -0.25) is 9.59 Å². The molecule has 1 aliphatic carbocycles. The lowest BCUT2D eigenvalue weighted by Gasteiger charge is -2.40. The summed E-state index contributed by atoms with van der Waals surface area (Å²) in [6, 6.07) is 7.80. The summed E-state index contributed by atoms with van der Waals surface area (Å²) >= 11 is 0. The van der Waals surface area contributed by atoms with Gasteiger partial charge in [0.2, 0.25) is 5.91 Å². The van der Waals surface area contributed by atoms with E-state index >= 15 is 0 Å². The van der Waals surface area contributed by atoms with Gasteiger partial charge in [0.1, 0.15) is 0 Å². The molecule has 2 fully saturated rings. The van der Waals surface area contributed by atoms with E-state index in [2.05, 4.69) is 20.4 Å². The zero-order chi connectivity index (χ0) is 17.9. The summed E-state index contributed by atoms with van der Waals surface area (Å²) in [6.45, 7) is 1.64. The first kappa shape index (κ1) is 17.1. The van der Waals surface area contributed by atoms with Crippen LogP contribution in [0, 0.1) is 5.92 Å². The molecule has 6 nitrogen and oxygen atoms in total. The molecule has 0 radical (unpaired) electrons. The highest BCUT2D eigenvalue weighted by Gasteiger charge is 2.34. The number of amides is 1. The first-order valence-corrected chi connectivity index (χ1v) is 9.76. The van der Waals surface area contributed by atoms with Crippen molar-refractivity contribution in [1.82, 2.24) is 15.1 Å². The zero-order valence-corrected chi connectivity index (χ0v) is 15.0. The summed E-state index contributed by atoms with van der Waals surface area (Å²) in [4.78, 5) is 26.7. The summed E-state index contributed by atoms with van der Waals surface area (Å²) < 4.78 is 0. The van der Waals surface area contributed by atoms with Crippen molar-refractivity contribution in [3.05, 3.63) is 34.6 Å². The number of carbonyl (C=O) groups excluding carboxylic acids is 1. The number of hydrogen-bond donors (Lipinski definition) is 2. The number of anilines is 1. The number of H-pyrrole nitrogens is 1. The molecule has 1 atom stereocenters. The number of nitrogens with zero attached hydrogens (tertiary/aromatic N) is 2. The number of piperidine rings is 1. The van der Waals surface area contributed by atoms with Crippen LogP contribution >= 0.6 is 0 Å². The Morgan fingerprint density at radius 3 is 2.73 bits per heavy atom. The van der Waals surface area contributed by atoms with E-state index in [0.717, 1.165) is 50.6 Å². The lowest BCUT2D eigenvalue weighted by molar-refractivity contribution is -0.142. The van der Waals surface area contributed by atoms with Gasteiger partial charge < -0.3 is 10.2 Å². The molecule has 1 aromatic heterocycles. The molecule has 1 aromatic carbocycles. The molecule has 138 valence electrons. The maximum atomic E-state index is 12.7. The van der Waals surface area contributed by atoms with Crippen molar-refractivity contribution >= 4 is 22.5 Å². The van der Waals surface area contributed by atoms with Crippen molar-refractivity contribution in [1.29, 1.82) is 0 Å². The van der Waals surface area contributed by atoms with Crippen LogP contribution in [-0.4, -0.2) is 40.1 Å². The maximum absolute atomic E-state index is 12.7. The van der Waals surface area contributed by atoms with E-state index in [1.54, 1.807) is 6.07 Å². The van der Waals surface area contributed by atoms with E-state index < -0.39 is 0 Å². The van der Waals surface area contributed by atoms with Gasteiger partial charge in [0.05, 0.1) is 5.39 Å². The summed E-state index contributed by atoms with van der Waals surface area (Å²) in [6.07, 6.45) is 7.63. The van der Waals surface area contributed by atoms with Gasteiger partial charge >= 0.3 is 0 Å². The number of aromatic amines is 1. The number of fused-ring (bicyclic) bond motifs is 1. The third-order valence-corrected chi connectivity index (χ3v) is 5.83. The molecule has 26 heavy (non-hydrogen) atoms. The van der Waals surface area contributed by atoms with E-state index in [-0.39, 0.29) is 11.5 Å².